The van der Waals surface area contributed by atoms with E-state index in [9.17, 15) is 4.79 Å². The van der Waals surface area contributed by atoms with Crippen molar-refractivity contribution < 1.29 is 14.7 Å². The highest BCUT2D eigenvalue weighted by molar-refractivity contribution is 5.83. The fraction of sp³-hybridized carbons (Fsp3) is 0.778. The fourth-order valence-corrected chi connectivity index (χ4v) is 6.45. The summed E-state index contributed by atoms with van der Waals surface area (Å²) >= 11 is 0. The summed E-state index contributed by atoms with van der Waals surface area (Å²) in [6, 6.07) is 0. The molecule has 0 aromatic heterocycles. The minimum Gasteiger partial charge on any atom is -0.481 e. The van der Waals surface area contributed by atoms with Crippen LogP contribution in [0.15, 0.2) is 23.3 Å². The van der Waals surface area contributed by atoms with Gasteiger partial charge in [-0.15, -0.1) is 0 Å². The van der Waals surface area contributed by atoms with Crippen molar-refractivity contribution in [2.24, 2.45) is 28.6 Å². The number of carbonyl (C=O) groups is 2. The number of hydrogen-bond donors (Lipinski definition) is 2. The van der Waals surface area contributed by atoms with Gasteiger partial charge in [0.2, 0.25) is 5.91 Å². The molecule has 0 saturated heterocycles. The van der Waals surface area contributed by atoms with E-state index in [2.05, 4.69) is 63.9 Å². The van der Waals surface area contributed by atoms with Gasteiger partial charge in [-0.1, -0.05) is 65.7 Å². The van der Waals surface area contributed by atoms with Crippen LogP contribution in [0.25, 0.3) is 0 Å². The number of carboxylic acid groups (broad SMARTS) is 1. The van der Waals surface area contributed by atoms with Gasteiger partial charge in [-0.05, 0) is 73.9 Å². The van der Waals surface area contributed by atoms with E-state index >= 15 is 0 Å². The number of amides is 1. The quantitative estimate of drug-likeness (QED) is 0.519. The molecule has 0 aromatic rings. The third kappa shape index (κ3) is 5.65. The molecule has 4 atom stereocenters. The van der Waals surface area contributed by atoms with Crippen molar-refractivity contribution in [2.75, 3.05) is 19.8 Å². The molecule has 0 bridgehead atoms. The van der Waals surface area contributed by atoms with Gasteiger partial charge in [0.1, 0.15) is 0 Å². The number of nitrogens with zero attached hydrogens (tertiary/aromatic N) is 1. The van der Waals surface area contributed by atoms with Crippen molar-refractivity contribution in [1.82, 2.24) is 10.2 Å². The first-order valence-electron chi connectivity index (χ1n) is 12.6. The average Bonchev–Trinajstić information content (AvgIpc) is 2.73. The zero-order valence-corrected chi connectivity index (χ0v) is 21.5. The number of allylic oxidation sites excluding steroid dienone is 4. The molecule has 182 valence electrons. The molecule has 0 spiro atoms. The predicted molar refractivity (Wildman–Crippen MR) is 131 cm³/mol. The Morgan fingerprint density at radius 3 is 2.41 bits per heavy atom. The third-order valence-electron chi connectivity index (χ3n) is 8.46. The van der Waals surface area contributed by atoms with Crippen LogP contribution >= 0.6 is 0 Å². The molecule has 3 rings (SSSR count). The Labute approximate surface area is 195 Å². The topological polar surface area (TPSA) is 69.6 Å². The first-order valence-corrected chi connectivity index (χ1v) is 12.6. The van der Waals surface area contributed by atoms with Crippen LogP contribution in [0.1, 0.15) is 87.0 Å². The summed E-state index contributed by atoms with van der Waals surface area (Å²) in [5, 5.41) is 10.7. The highest BCUT2D eigenvalue weighted by Gasteiger charge is 2.56. The number of nitrogens with one attached hydrogen (secondary N) is 1. The Balaban J connectivity index is 0.000000837. The van der Waals surface area contributed by atoms with E-state index in [0.29, 0.717) is 24.4 Å². The van der Waals surface area contributed by atoms with Gasteiger partial charge in [-0.25, -0.2) is 0 Å². The smallest absolute Gasteiger partial charge is 0.300 e. The van der Waals surface area contributed by atoms with Crippen LogP contribution in [-0.4, -0.2) is 41.6 Å². The second kappa shape index (κ2) is 11.0. The van der Waals surface area contributed by atoms with Gasteiger partial charge in [0.15, 0.2) is 0 Å². The normalized spacial score (nSPS) is 31.5. The number of carboxylic acids is 1. The maximum atomic E-state index is 13.4. The molecule has 0 unspecified atom stereocenters. The van der Waals surface area contributed by atoms with E-state index in [4.69, 9.17) is 9.90 Å². The van der Waals surface area contributed by atoms with Crippen molar-refractivity contribution in [3.63, 3.8) is 0 Å². The lowest BCUT2D eigenvalue weighted by molar-refractivity contribution is -0.145. The summed E-state index contributed by atoms with van der Waals surface area (Å²) in [6.45, 7) is 17.4. The largest absolute Gasteiger partial charge is 0.481 e. The molecule has 0 heterocycles. The number of hydrogen-bond acceptors (Lipinski definition) is 3. The molecule has 1 fully saturated rings. The van der Waals surface area contributed by atoms with Crippen molar-refractivity contribution in [3.8, 4) is 0 Å². The van der Waals surface area contributed by atoms with Gasteiger partial charge in [-0.2, -0.15) is 0 Å². The molecule has 32 heavy (non-hydrogen) atoms. The summed E-state index contributed by atoms with van der Waals surface area (Å²) < 4.78 is 0. The number of fused-ring (bicyclic) bond motifs is 3. The highest BCUT2D eigenvalue weighted by Crippen LogP contribution is 2.62. The second-order valence-electron chi connectivity index (χ2n) is 10.7. The van der Waals surface area contributed by atoms with Crippen LogP contribution in [0.3, 0.4) is 0 Å². The van der Waals surface area contributed by atoms with E-state index in [0.717, 1.165) is 32.9 Å². The highest BCUT2D eigenvalue weighted by atomic mass is 16.4. The summed E-state index contributed by atoms with van der Waals surface area (Å²) in [4.78, 5) is 24.7. The number of aliphatic carboxylic acids is 1. The average molecular weight is 447 g/mol. The van der Waals surface area contributed by atoms with Gasteiger partial charge in [0, 0.05) is 6.92 Å². The number of carbonyl (C=O) groups excluding carboxylic acids is 1. The molecular formula is C27H46N2O3. The molecule has 1 amide bonds. The van der Waals surface area contributed by atoms with Gasteiger partial charge in [0.05, 0.1) is 12.1 Å². The van der Waals surface area contributed by atoms with Crippen molar-refractivity contribution in [3.05, 3.63) is 23.3 Å². The van der Waals surface area contributed by atoms with Crippen LogP contribution in [0.4, 0.5) is 0 Å². The van der Waals surface area contributed by atoms with Crippen LogP contribution in [0, 0.1) is 28.6 Å². The van der Waals surface area contributed by atoms with Crippen molar-refractivity contribution >= 4 is 11.9 Å². The molecule has 0 aliphatic heterocycles. The Morgan fingerprint density at radius 2 is 1.84 bits per heavy atom. The monoisotopic (exact) mass is 446 g/mol. The molecule has 5 nitrogen and oxygen atoms in total. The van der Waals surface area contributed by atoms with Gasteiger partial charge in [0.25, 0.3) is 5.97 Å². The molecule has 3 aliphatic rings. The minimum atomic E-state index is -0.833. The van der Waals surface area contributed by atoms with E-state index in [-0.39, 0.29) is 16.7 Å². The third-order valence-corrected chi connectivity index (χ3v) is 8.46. The zero-order valence-electron chi connectivity index (χ0n) is 21.5. The lowest BCUT2D eigenvalue weighted by Gasteiger charge is -2.57. The minimum absolute atomic E-state index is 0.246. The maximum absolute atomic E-state index is 13.4. The van der Waals surface area contributed by atoms with E-state index in [1.165, 1.54) is 25.7 Å². The Hall–Kier alpha value is -1.62. The van der Waals surface area contributed by atoms with Crippen LogP contribution in [0.2, 0.25) is 0 Å². The van der Waals surface area contributed by atoms with Crippen LogP contribution < -0.4 is 5.32 Å². The molecule has 5 heteroatoms. The summed E-state index contributed by atoms with van der Waals surface area (Å²) in [6.07, 6.45) is 12.0. The fourth-order valence-electron chi connectivity index (χ4n) is 6.45. The Kier molecular flexibility index (Phi) is 9.15. The molecule has 0 aromatic carbocycles. The lowest BCUT2D eigenvalue weighted by atomic mass is 9.46. The second-order valence-corrected chi connectivity index (χ2v) is 10.7. The lowest BCUT2D eigenvalue weighted by Crippen LogP contribution is -2.56. The van der Waals surface area contributed by atoms with Gasteiger partial charge < -0.3 is 10.4 Å². The Morgan fingerprint density at radius 1 is 1.22 bits per heavy atom. The number of rotatable bonds is 6. The molecule has 0 radical (unpaired) electrons. The van der Waals surface area contributed by atoms with Crippen molar-refractivity contribution in [2.45, 2.75) is 87.0 Å². The predicted octanol–water partition coefficient (Wildman–Crippen LogP) is 5.63. The summed E-state index contributed by atoms with van der Waals surface area (Å²) in [5.74, 6) is 1.17. The molecular weight excluding hydrogens is 400 g/mol. The first kappa shape index (κ1) is 26.6. The molecule has 1 saturated carbocycles. The van der Waals surface area contributed by atoms with E-state index in [1.807, 2.05) is 0 Å². The van der Waals surface area contributed by atoms with Gasteiger partial charge in [-0.3, -0.25) is 14.5 Å². The van der Waals surface area contributed by atoms with Gasteiger partial charge >= 0.3 is 0 Å². The van der Waals surface area contributed by atoms with Crippen LogP contribution in [0.5, 0.6) is 0 Å². The van der Waals surface area contributed by atoms with E-state index < -0.39 is 5.97 Å². The molecule has 3 aliphatic carbocycles. The van der Waals surface area contributed by atoms with Crippen LogP contribution in [-0.2, 0) is 9.59 Å². The standard InChI is InChI=1S/C25H42N2O.C2H4O2/c1-7-27(8-2)17-26-23(28)25(6)15-9-14-24(5)21-12-10-19(18(3)4)16-20(21)11-13-22(24)25;1-2(3)4/h11,16,18,21-22H,7-10,12-15,17H2,1-6H3,(H,26,28);1H3,(H,3,4)/t21-,22+,24+,25+;/m0./s1. The maximum Gasteiger partial charge on any atom is 0.300 e. The van der Waals surface area contributed by atoms with E-state index in [1.54, 1.807) is 11.1 Å². The zero-order chi connectivity index (χ0) is 24.1. The molecule has 2 N–H and O–H groups in total. The summed E-state index contributed by atoms with van der Waals surface area (Å²) in [5.41, 5.74) is 3.19. The Bertz CT molecular complexity index is 733. The van der Waals surface area contributed by atoms with Crippen molar-refractivity contribution in [1.29, 1.82) is 0 Å². The SMILES string of the molecule is CC(=O)O.CCN(CC)CNC(=O)[C@]1(C)CCC[C@@]2(C)[C@H]1CC=C1C=C(C(C)C)CC[C@@H]12. The first-order chi connectivity index (χ1) is 15.0. The summed E-state index contributed by atoms with van der Waals surface area (Å²) in [7, 11) is 0.